The van der Waals surface area contributed by atoms with Crippen molar-refractivity contribution < 1.29 is 4.79 Å². The zero-order chi connectivity index (χ0) is 12.3. The molecule has 2 rings (SSSR count). The van der Waals surface area contributed by atoms with Crippen molar-refractivity contribution in [1.29, 1.82) is 0 Å². The average Bonchev–Trinajstić information content (AvgIpc) is 2.76. The van der Waals surface area contributed by atoms with Gasteiger partial charge in [-0.1, -0.05) is 15.9 Å². The van der Waals surface area contributed by atoms with E-state index in [0.29, 0.717) is 0 Å². The van der Waals surface area contributed by atoms with Gasteiger partial charge in [-0.05, 0) is 23.9 Å². The monoisotopic (exact) mass is 316 g/mol. The van der Waals surface area contributed by atoms with Crippen LogP contribution in [0.3, 0.4) is 0 Å². The highest BCUT2D eigenvalue weighted by atomic mass is 79.9. The second-order valence-corrected chi connectivity index (χ2v) is 5.96. The molecule has 0 saturated carbocycles. The number of nitrogens with zero attached hydrogens (tertiary/aromatic N) is 2. The highest BCUT2D eigenvalue weighted by Gasteiger charge is 2.23. The van der Waals surface area contributed by atoms with Crippen molar-refractivity contribution >= 4 is 33.2 Å². The van der Waals surface area contributed by atoms with Crippen LogP contribution in [0.25, 0.3) is 0 Å². The predicted octanol–water partition coefficient (Wildman–Crippen LogP) is 2.21. The van der Waals surface area contributed by atoms with Crippen molar-refractivity contribution in [1.82, 2.24) is 9.80 Å². The molecule has 0 spiro atoms. The van der Waals surface area contributed by atoms with Gasteiger partial charge in [0, 0.05) is 38.1 Å². The molecule has 17 heavy (non-hydrogen) atoms. The van der Waals surface area contributed by atoms with E-state index in [4.69, 9.17) is 0 Å². The van der Waals surface area contributed by atoms with Gasteiger partial charge < -0.3 is 4.90 Å². The fourth-order valence-corrected chi connectivity index (χ4v) is 3.42. The first-order valence-corrected chi connectivity index (χ1v) is 7.84. The topological polar surface area (TPSA) is 23.6 Å². The molecule has 1 amide bonds. The number of thiophene rings is 1. The molecule has 1 aromatic rings. The lowest BCUT2D eigenvalue weighted by Crippen LogP contribution is -2.49. The molecule has 5 heteroatoms. The van der Waals surface area contributed by atoms with E-state index in [1.54, 1.807) is 11.3 Å². The molecule has 3 nitrogen and oxygen atoms in total. The zero-order valence-corrected chi connectivity index (χ0v) is 12.4. The minimum Gasteiger partial charge on any atom is -0.335 e. The standard InChI is InChI=1S/C12H17BrN2OS/c1-10-2-9-17-11(10)12(16)15-7-5-14(4-3-13)6-8-15/h2,9H,3-8H2,1H3. The molecule has 1 aliphatic heterocycles. The van der Waals surface area contributed by atoms with E-state index in [1.807, 2.05) is 23.3 Å². The second-order valence-electron chi connectivity index (χ2n) is 4.26. The Bertz CT molecular complexity index is 386. The van der Waals surface area contributed by atoms with Crippen molar-refractivity contribution in [2.24, 2.45) is 0 Å². The smallest absolute Gasteiger partial charge is 0.264 e. The molecule has 94 valence electrons. The summed E-state index contributed by atoms with van der Waals surface area (Å²) in [6, 6.07) is 2.01. The maximum Gasteiger partial charge on any atom is 0.264 e. The number of alkyl halides is 1. The molecule has 1 aliphatic rings. The number of carbonyl (C=O) groups is 1. The van der Waals surface area contributed by atoms with Gasteiger partial charge in [0.1, 0.15) is 0 Å². The summed E-state index contributed by atoms with van der Waals surface area (Å²) in [6.45, 7) is 6.75. The summed E-state index contributed by atoms with van der Waals surface area (Å²) >= 11 is 5.00. The molecule has 0 N–H and O–H groups in total. The first-order chi connectivity index (χ1) is 8.22. The molecule has 0 atom stereocenters. The average molecular weight is 317 g/mol. The number of hydrogen-bond donors (Lipinski definition) is 0. The molecule has 2 heterocycles. The first kappa shape index (κ1) is 13.1. The minimum atomic E-state index is 0.205. The Hall–Kier alpha value is -0.390. The lowest BCUT2D eigenvalue weighted by atomic mass is 10.2. The number of aryl methyl sites for hydroxylation is 1. The van der Waals surface area contributed by atoms with Crippen LogP contribution < -0.4 is 0 Å². The molecule has 0 aliphatic carbocycles. The van der Waals surface area contributed by atoms with Gasteiger partial charge >= 0.3 is 0 Å². The van der Waals surface area contributed by atoms with Crippen LogP contribution in [0.15, 0.2) is 11.4 Å². The summed E-state index contributed by atoms with van der Waals surface area (Å²) < 4.78 is 0. The van der Waals surface area contributed by atoms with Gasteiger partial charge in [-0.25, -0.2) is 0 Å². The third-order valence-corrected chi connectivity index (χ3v) is 4.48. The van der Waals surface area contributed by atoms with Crippen molar-refractivity contribution in [2.45, 2.75) is 6.92 Å². The lowest BCUT2D eigenvalue weighted by Gasteiger charge is -2.34. The largest absolute Gasteiger partial charge is 0.335 e. The molecule has 1 fully saturated rings. The van der Waals surface area contributed by atoms with Gasteiger partial charge in [-0.3, -0.25) is 9.69 Å². The van der Waals surface area contributed by atoms with E-state index in [9.17, 15) is 4.79 Å². The van der Waals surface area contributed by atoms with Gasteiger partial charge in [0.05, 0.1) is 4.88 Å². The number of carbonyl (C=O) groups excluding carboxylic acids is 1. The normalized spacial score (nSPS) is 17.4. The Balaban J connectivity index is 1.93. The first-order valence-electron chi connectivity index (χ1n) is 5.84. The van der Waals surface area contributed by atoms with Gasteiger partial charge in [0.25, 0.3) is 5.91 Å². The quantitative estimate of drug-likeness (QED) is 0.798. The van der Waals surface area contributed by atoms with Crippen molar-refractivity contribution in [3.8, 4) is 0 Å². The summed E-state index contributed by atoms with van der Waals surface area (Å²) in [5.41, 5.74) is 1.10. The summed E-state index contributed by atoms with van der Waals surface area (Å²) in [7, 11) is 0. The number of piperazine rings is 1. The SMILES string of the molecule is Cc1ccsc1C(=O)N1CCN(CCBr)CC1. The number of amides is 1. The Morgan fingerprint density at radius 2 is 2.12 bits per heavy atom. The maximum absolute atomic E-state index is 12.3. The lowest BCUT2D eigenvalue weighted by molar-refractivity contribution is 0.0649. The molecule has 1 aromatic heterocycles. The number of hydrogen-bond acceptors (Lipinski definition) is 3. The molecule has 1 saturated heterocycles. The molecule has 0 bridgehead atoms. The van der Waals surface area contributed by atoms with Crippen LogP contribution in [0.2, 0.25) is 0 Å². The van der Waals surface area contributed by atoms with Gasteiger partial charge in [0.2, 0.25) is 0 Å². The predicted molar refractivity (Wildman–Crippen MR) is 75.2 cm³/mol. The zero-order valence-electron chi connectivity index (χ0n) is 9.99. The van der Waals surface area contributed by atoms with Crippen LogP contribution >= 0.6 is 27.3 Å². The Morgan fingerprint density at radius 3 is 2.65 bits per heavy atom. The Labute approximate surface area is 115 Å². The van der Waals surface area contributed by atoms with E-state index < -0.39 is 0 Å². The van der Waals surface area contributed by atoms with Gasteiger partial charge in [0.15, 0.2) is 0 Å². The van der Waals surface area contributed by atoms with E-state index in [0.717, 1.165) is 48.5 Å². The van der Waals surface area contributed by atoms with E-state index in [2.05, 4.69) is 20.8 Å². The summed E-state index contributed by atoms with van der Waals surface area (Å²) in [5.74, 6) is 0.205. The van der Waals surface area contributed by atoms with Crippen LogP contribution in [0, 0.1) is 6.92 Å². The van der Waals surface area contributed by atoms with E-state index in [-0.39, 0.29) is 5.91 Å². The fourth-order valence-electron chi connectivity index (χ4n) is 2.03. The minimum absolute atomic E-state index is 0.205. The molecular formula is C12H17BrN2OS. The highest BCUT2D eigenvalue weighted by Crippen LogP contribution is 2.18. The summed E-state index contributed by atoms with van der Waals surface area (Å²) in [4.78, 5) is 17.5. The van der Waals surface area contributed by atoms with Gasteiger partial charge in [-0.15, -0.1) is 11.3 Å². The van der Waals surface area contributed by atoms with E-state index in [1.165, 1.54) is 0 Å². The van der Waals surface area contributed by atoms with Crippen LogP contribution in [-0.2, 0) is 0 Å². The second kappa shape index (κ2) is 5.98. The summed E-state index contributed by atoms with van der Waals surface area (Å²) in [6.07, 6.45) is 0. The molecule has 0 radical (unpaired) electrons. The van der Waals surface area contributed by atoms with Crippen molar-refractivity contribution in [3.05, 3.63) is 21.9 Å². The third kappa shape index (κ3) is 3.09. The number of halogens is 1. The van der Waals surface area contributed by atoms with Crippen LogP contribution in [0.5, 0.6) is 0 Å². The fraction of sp³-hybridized carbons (Fsp3) is 0.583. The highest BCUT2D eigenvalue weighted by molar-refractivity contribution is 9.09. The van der Waals surface area contributed by atoms with Crippen LogP contribution in [-0.4, -0.2) is 53.8 Å². The van der Waals surface area contributed by atoms with Gasteiger partial charge in [-0.2, -0.15) is 0 Å². The van der Waals surface area contributed by atoms with Crippen molar-refractivity contribution in [3.63, 3.8) is 0 Å². The maximum atomic E-state index is 12.3. The van der Waals surface area contributed by atoms with Crippen LogP contribution in [0.4, 0.5) is 0 Å². The third-order valence-electron chi connectivity index (χ3n) is 3.12. The van der Waals surface area contributed by atoms with E-state index >= 15 is 0 Å². The molecular weight excluding hydrogens is 300 g/mol. The van der Waals surface area contributed by atoms with Crippen LogP contribution in [0.1, 0.15) is 15.2 Å². The molecule has 0 unspecified atom stereocenters. The Morgan fingerprint density at radius 1 is 1.41 bits per heavy atom. The number of rotatable bonds is 3. The molecule has 0 aromatic carbocycles. The van der Waals surface area contributed by atoms with Crippen molar-refractivity contribution in [2.75, 3.05) is 38.1 Å². The summed E-state index contributed by atoms with van der Waals surface area (Å²) in [5, 5.41) is 2.99. The Kier molecular flexibility index (Phi) is 4.59.